The molecule has 0 aliphatic carbocycles. The third-order valence-electron chi connectivity index (χ3n) is 3.69. The first-order chi connectivity index (χ1) is 10.6. The third kappa shape index (κ3) is 2.37. The maximum atomic E-state index is 12.7. The van der Waals surface area contributed by atoms with Crippen molar-refractivity contribution in [3.8, 4) is 0 Å². The fraction of sp³-hybridized carbons (Fsp3) is 0.250. The van der Waals surface area contributed by atoms with Gasteiger partial charge in [0.1, 0.15) is 0 Å². The lowest BCUT2D eigenvalue weighted by molar-refractivity contribution is -0.0766. The Balaban J connectivity index is 2.02. The number of aliphatic hydroxyl groups is 1. The maximum absolute atomic E-state index is 12.7. The van der Waals surface area contributed by atoms with Crippen LogP contribution < -0.4 is 0 Å². The Bertz CT molecular complexity index is 703. The van der Waals surface area contributed by atoms with Gasteiger partial charge in [-0.2, -0.15) is 10.1 Å². The van der Waals surface area contributed by atoms with Gasteiger partial charge in [0.15, 0.2) is 5.72 Å². The average Bonchev–Trinajstić information content (AvgIpc) is 2.94. The van der Waals surface area contributed by atoms with Crippen LogP contribution in [-0.4, -0.2) is 31.7 Å². The number of nitrogens with zero attached hydrogens (tertiary/aromatic N) is 4. The van der Waals surface area contributed by atoms with Gasteiger partial charge in [-0.05, 0) is 30.7 Å². The van der Waals surface area contributed by atoms with Crippen molar-refractivity contribution in [3.63, 3.8) is 0 Å². The number of aromatic nitrogens is 2. The van der Waals surface area contributed by atoms with Crippen LogP contribution in [0.5, 0.6) is 0 Å². The summed E-state index contributed by atoms with van der Waals surface area (Å²) in [4.78, 5) is 20.6. The zero-order chi connectivity index (χ0) is 15.6. The Kier molecular flexibility index (Phi) is 3.68. The molecule has 3 heterocycles. The van der Waals surface area contributed by atoms with Crippen molar-refractivity contribution in [1.82, 2.24) is 15.0 Å². The molecule has 2 aromatic heterocycles. The number of hydrazone groups is 1. The number of carbonyl (C=O) groups is 1. The quantitative estimate of drug-likeness (QED) is 0.938. The molecule has 1 aliphatic rings. The van der Waals surface area contributed by atoms with E-state index < -0.39 is 5.72 Å². The highest BCUT2D eigenvalue weighted by atomic mass is 16.3. The van der Waals surface area contributed by atoms with E-state index in [1.165, 1.54) is 6.20 Å². The highest BCUT2D eigenvalue weighted by molar-refractivity contribution is 5.98. The van der Waals surface area contributed by atoms with Crippen molar-refractivity contribution in [2.45, 2.75) is 25.5 Å². The van der Waals surface area contributed by atoms with Crippen molar-refractivity contribution in [1.29, 1.82) is 0 Å². The lowest BCUT2D eigenvalue weighted by atomic mass is 9.97. The summed E-state index contributed by atoms with van der Waals surface area (Å²) in [7, 11) is 0. The molecule has 1 aliphatic heterocycles. The first-order valence-corrected chi connectivity index (χ1v) is 7.09. The van der Waals surface area contributed by atoms with Crippen LogP contribution in [0.3, 0.4) is 0 Å². The minimum absolute atomic E-state index is 0.291. The van der Waals surface area contributed by atoms with Crippen molar-refractivity contribution in [3.05, 3.63) is 60.2 Å². The molecule has 2 aromatic rings. The zero-order valence-electron chi connectivity index (χ0n) is 12.2. The molecule has 0 spiro atoms. The maximum Gasteiger partial charge on any atom is 0.278 e. The summed E-state index contributed by atoms with van der Waals surface area (Å²) < 4.78 is 0. The molecule has 0 saturated carbocycles. The summed E-state index contributed by atoms with van der Waals surface area (Å²) in [5.74, 6) is -0.379. The summed E-state index contributed by atoms with van der Waals surface area (Å²) in [5.41, 5.74) is 0.265. The molecular weight excluding hydrogens is 280 g/mol. The molecule has 1 atom stereocenters. The molecule has 6 nitrogen and oxygen atoms in total. The van der Waals surface area contributed by atoms with E-state index in [1.54, 1.807) is 42.9 Å². The van der Waals surface area contributed by atoms with E-state index in [4.69, 9.17) is 0 Å². The Hall–Kier alpha value is -2.60. The Labute approximate surface area is 128 Å². The average molecular weight is 296 g/mol. The van der Waals surface area contributed by atoms with Crippen LogP contribution in [0.1, 0.15) is 35.7 Å². The molecule has 22 heavy (non-hydrogen) atoms. The Morgan fingerprint density at radius 3 is 2.68 bits per heavy atom. The van der Waals surface area contributed by atoms with Gasteiger partial charge in [-0.15, -0.1) is 0 Å². The number of hydrogen-bond acceptors (Lipinski definition) is 5. The number of rotatable bonds is 3. The molecule has 0 bridgehead atoms. The monoisotopic (exact) mass is 296 g/mol. The molecule has 0 fully saturated rings. The summed E-state index contributed by atoms with van der Waals surface area (Å²) in [6.07, 6.45) is 7.20. The van der Waals surface area contributed by atoms with E-state index in [2.05, 4.69) is 15.1 Å². The number of hydrogen-bond donors (Lipinski definition) is 1. The van der Waals surface area contributed by atoms with Crippen molar-refractivity contribution >= 4 is 11.6 Å². The topological polar surface area (TPSA) is 78.7 Å². The first kappa shape index (κ1) is 14.3. The summed E-state index contributed by atoms with van der Waals surface area (Å²) in [6, 6.07) is 6.72. The predicted octanol–water partition coefficient (Wildman–Crippen LogP) is 1.93. The van der Waals surface area contributed by atoms with Gasteiger partial charge < -0.3 is 5.11 Å². The van der Waals surface area contributed by atoms with Crippen LogP contribution in [-0.2, 0) is 5.72 Å². The second kappa shape index (κ2) is 5.65. The summed E-state index contributed by atoms with van der Waals surface area (Å²) >= 11 is 0. The Morgan fingerprint density at radius 2 is 2.05 bits per heavy atom. The lowest BCUT2D eigenvalue weighted by Crippen LogP contribution is -2.43. The molecule has 0 radical (unpaired) electrons. The second-order valence-electron chi connectivity index (χ2n) is 5.11. The van der Waals surface area contributed by atoms with Crippen molar-refractivity contribution in [2.24, 2.45) is 5.10 Å². The molecule has 112 valence electrons. The van der Waals surface area contributed by atoms with E-state index in [0.717, 1.165) is 10.7 Å². The zero-order valence-corrected chi connectivity index (χ0v) is 12.2. The minimum atomic E-state index is -1.48. The fourth-order valence-corrected chi connectivity index (χ4v) is 2.48. The Morgan fingerprint density at radius 1 is 1.27 bits per heavy atom. The molecule has 0 unspecified atom stereocenters. The third-order valence-corrected chi connectivity index (χ3v) is 3.69. The van der Waals surface area contributed by atoms with Crippen LogP contribution in [0, 0.1) is 0 Å². The largest absolute Gasteiger partial charge is 0.365 e. The van der Waals surface area contributed by atoms with Gasteiger partial charge in [0.2, 0.25) is 0 Å². The van der Waals surface area contributed by atoms with Crippen LogP contribution in [0.2, 0.25) is 0 Å². The molecule has 1 N–H and O–H groups in total. The highest BCUT2D eigenvalue weighted by Gasteiger charge is 2.45. The van der Waals surface area contributed by atoms with Crippen LogP contribution in [0.4, 0.5) is 0 Å². The number of amides is 1. The molecule has 1 amide bonds. The van der Waals surface area contributed by atoms with E-state index in [1.807, 2.05) is 6.92 Å². The summed E-state index contributed by atoms with van der Waals surface area (Å²) in [5, 5.41) is 16.6. The molecule has 0 saturated heterocycles. The van der Waals surface area contributed by atoms with E-state index in [-0.39, 0.29) is 5.91 Å². The SMILES string of the molecule is CCC1=NN(C(=O)c2cccnc2)[C@@](O)(c2ccncc2)C1. The van der Waals surface area contributed by atoms with Gasteiger partial charge in [0.05, 0.1) is 5.56 Å². The minimum Gasteiger partial charge on any atom is -0.365 e. The number of carbonyl (C=O) groups excluding carboxylic acids is 1. The molecule has 0 aromatic carbocycles. The van der Waals surface area contributed by atoms with Crippen LogP contribution >= 0.6 is 0 Å². The smallest absolute Gasteiger partial charge is 0.278 e. The van der Waals surface area contributed by atoms with Gasteiger partial charge in [-0.25, -0.2) is 0 Å². The van der Waals surface area contributed by atoms with Crippen LogP contribution in [0.25, 0.3) is 0 Å². The molecule has 3 rings (SSSR count). The standard InChI is InChI=1S/C16H16N4O2/c1-2-14-10-16(22,13-5-8-17-9-6-13)20(19-14)15(21)12-4-3-7-18-11-12/h3-9,11,22H,2,10H2,1H3/t16-/m0/s1. The van der Waals surface area contributed by atoms with Crippen LogP contribution in [0.15, 0.2) is 54.2 Å². The second-order valence-corrected chi connectivity index (χ2v) is 5.11. The van der Waals surface area contributed by atoms with Crippen molar-refractivity contribution < 1.29 is 9.90 Å². The van der Waals surface area contributed by atoms with Gasteiger partial charge in [-0.3, -0.25) is 14.8 Å². The fourth-order valence-electron chi connectivity index (χ4n) is 2.48. The van der Waals surface area contributed by atoms with Gasteiger partial charge in [-0.1, -0.05) is 6.92 Å². The normalized spacial score (nSPS) is 20.8. The molecule has 6 heteroatoms. The number of pyridine rings is 2. The van der Waals surface area contributed by atoms with Gasteiger partial charge >= 0.3 is 0 Å². The van der Waals surface area contributed by atoms with E-state index in [9.17, 15) is 9.90 Å². The van der Waals surface area contributed by atoms with Gasteiger partial charge in [0, 0.05) is 42.5 Å². The predicted molar refractivity (Wildman–Crippen MR) is 80.9 cm³/mol. The first-order valence-electron chi connectivity index (χ1n) is 7.09. The van der Waals surface area contributed by atoms with E-state index in [0.29, 0.717) is 24.0 Å². The summed E-state index contributed by atoms with van der Waals surface area (Å²) in [6.45, 7) is 1.95. The van der Waals surface area contributed by atoms with E-state index >= 15 is 0 Å². The highest BCUT2D eigenvalue weighted by Crippen LogP contribution is 2.36. The molecular formula is C16H16N4O2. The van der Waals surface area contributed by atoms with Crippen molar-refractivity contribution in [2.75, 3.05) is 0 Å². The lowest BCUT2D eigenvalue weighted by Gasteiger charge is -2.31. The van der Waals surface area contributed by atoms with Gasteiger partial charge in [0.25, 0.3) is 5.91 Å².